The Hall–Kier alpha value is -0.340. The molecule has 0 spiro atoms. The summed E-state index contributed by atoms with van der Waals surface area (Å²) in [5, 5.41) is 3.57. The molecule has 0 amide bonds. The topological polar surface area (TPSA) is 12.0 Å². The second-order valence-electron chi connectivity index (χ2n) is 4.73. The third kappa shape index (κ3) is 4.67. The Morgan fingerprint density at radius 2 is 1.88 bits per heavy atom. The van der Waals surface area contributed by atoms with Gasteiger partial charge in [-0.1, -0.05) is 48.0 Å². The van der Waals surface area contributed by atoms with Crippen LogP contribution in [0.5, 0.6) is 0 Å². The SMILES string of the molecule is CC(C)CCCN[C@H](C)c1ccccc1Br. The minimum absolute atomic E-state index is 0.419. The fourth-order valence-corrected chi connectivity index (χ4v) is 2.39. The minimum Gasteiger partial charge on any atom is -0.310 e. The first kappa shape index (κ1) is 13.7. The Balaban J connectivity index is 2.35. The maximum atomic E-state index is 3.59. The molecule has 0 aliphatic carbocycles. The standard InChI is InChI=1S/C14H22BrN/c1-11(2)7-6-10-16-12(3)13-8-4-5-9-14(13)15/h4-5,8-9,11-12,16H,6-7,10H2,1-3H3/t12-/m1/s1. The van der Waals surface area contributed by atoms with Gasteiger partial charge in [0.05, 0.1) is 0 Å². The van der Waals surface area contributed by atoms with Crippen molar-refractivity contribution in [1.82, 2.24) is 5.32 Å². The fourth-order valence-electron chi connectivity index (χ4n) is 1.77. The van der Waals surface area contributed by atoms with Crippen molar-refractivity contribution in [3.8, 4) is 0 Å². The molecule has 0 fully saturated rings. The lowest BCUT2D eigenvalue weighted by Crippen LogP contribution is -2.20. The van der Waals surface area contributed by atoms with Crippen LogP contribution < -0.4 is 5.32 Å². The lowest BCUT2D eigenvalue weighted by atomic mass is 10.1. The van der Waals surface area contributed by atoms with Gasteiger partial charge in [-0.3, -0.25) is 0 Å². The highest BCUT2D eigenvalue weighted by Gasteiger charge is 2.07. The van der Waals surface area contributed by atoms with Crippen LogP contribution in [0.2, 0.25) is 0 Å². The van der Waals surface area contributed by atoms with Gasteiger partial charge in [-0.15, -0.1) is 0 Å². The zero-order valence-electron chi connectivity index (χ0n) is 10.5. The van der Waals surface area contributed by atoms with Gasteiger partial charge in [-0.2, -0.15) is 0 Å². The highest BCUT2D eigenvalue weighted by molar-refractivity contribution is 9.10. The van der Waals surface area contributed by atoms with Crippen LogP contribution in [0.15, 0.2) is 28.7 Å². The summed E-state index contributed by atoms with van der Waals surface area (Å²) in [6.07, 6.45) is 2.56. The van der Waals surface area contributed by atoms with E-state index in [9.17, 15) is 0 Å². The van der Waals surface area contributed by atoms with Crippen molar-refractivity contribution < 1.29 is 0 Å². The van der Waals surface area contributed by atoms with E-state index < -0.39 is 0 Å². The molecule has 16 heavy (non-hydrogen) atoms. The summed E-state index contributed by atoms with van der Waals surface area (Å²) >= 11 is 3.59. The first-order valence-electron chi connectivity index (χ1n) is 6.09. The number of nitrogens with one attached hydrogen (secondary N) is 1. The average molecular weight is 284 g/mol. The summed E-state index contributed by atoms with van der Waals surface area (Å²) in [5.74, 6) is 0.806. The molecular formula is C14H22BrN. The van der Waals surface area contributed by atoms with E-state index in [0.29, 0.717) is 6.04 Å². The summed E-state index contributed by atoms with van der Waals surface area (Å²) in [5.41, 5.74) is 1.34. The van der Waals surface area contributed by atoms with E-state index in [0.717, 1.165) is 12.5 Å². The second-order valence-corrected chi connectivity index (χ2v) is 5.59. The number of hydrogen-bond acceptors (Lipinski definition) is 1. The van der Waals surface area contributed by atoms with Crippen molar-refractivity contribution in [1.29, 1.82) is 0 Å². The average Bonchev–Trinajstić information content (AvgIpc) is 2.24. The molecule has 0 aliphatic heterocycles. The van der Waals surface area contributed by atoms with E-state index in [1.54, 1.807) is 0 Å². The molecule has 0 bridgehead atoms. The highest BCUT2D eigenvalue weighted by Crippen LogP contribution is 2.22. The molecule has 2 heteroatoms. The molecule has 1 nitrogen and oxygen atoms in total. The van der Waals surface area contributed by atoms with Crippen molar-refractivity contribution >= 4 is 15.9 Å². The number of hydrogen-bond donors (Lipinski definition) is 1. The largest absolute Gasteiger partial charge is 0.310 e. The van der Waals surface area contributed by atoms with Gasteiger partial charge in [0.15, 0.2) is 0 Å². The van der Waals surface area contributed by atoms with E-state index in [1.807, 2.05) is 0 Å². The fraction of sp³-hybridized carbons (Fsp3) is 0.571. The van der Waals surface area contributed by atoms with Crippen LogP contribution in [-0.4, -0.2) is 6.54 Å². The third-order valence-electron chi connectivity index (χ3n) is 2.78. The van der Waals surface area contributed by atoms with Crippen LogP contribution in [0.3, 0.4) is 0 Å². The van der Waals surface area contributed by atoms with Crippen molar-refractivity contribution in [3.63, 3.8) is 0 Å². The molecule has 0 unspecified atom stereocenters. The van der Waals surface area contributed by atoms with E-state index >= 15 is 0 Å². The van der Waals surface area contributed by atoms with E-state index in [1.165, 1.54) is 22.9 Å². The van der Waals surface area contributed by atoms with Crippen LogP contribution in [0.1, 0.15) is 45.2 Å². The molecule has 1 aromatic rings. The van der Waals surface area contributed by atoms with Crippen LogP contribution >= 0.6 is 15.9 Å². The van der Waals surface area contributed by atoms with Crippen LogP contribution in [0.25, 0.3) is 0 Å². The third-order valence-corrected chi connectivity index (χ3v) is 3.50. The molecule has 1 rings (SSSR count). The van der Waals surface area contributed by atoms with Gasteiger partial charge in [0.1, 0.15) is 0 Å². The molecule has 90 valence electrons. The summed E-state index contributed by atoms with van der Waals surface area (Å²) < 4.78 is 1.19. The molecule has 1 N–H and O–H groups in total. The Morgan fingerprint density at radius 1 is 1.19 bits per heavy atom. The Morgan fingerprint density at radius 3 is 2.50 bits per heavy atom. The highest BCUT2D eigenvalue weighted by atomic mass is 79.9. The normalized spacial score (nSPS) is 13.1. The lowest BCUT2D eigenvalue weighted by Gasteiger charge is -2.16. The molecule has 0 saturated heterocycles. The van der Waals surface area contributed by atoms with Gasteiger partial charge >= 0.3 is 0 Å². The van der Waals surface area contributed by atoms with Gasteiger partial charge in [-0.25, -0.2) is 0 Å². The molecular weight excluding hydrogens is 262 g/mol. The molecule has 0 radical (unpaired) electrons. The second kappa shape index (κ2) is 7.08. The molecule has 1 atom stereocenters. The Bertz CT molecular complexity index is 309. The summed E-state index contributed by atoms with van der Waals surface area (Å²) in [6, 6.07) is 8.83. The Labute approximate surface area is 108 Å². The Kier molecular flexibility index (Phi) is 6.07. The van der Waals surface area contributed by atoms with Gasteiger partial charge in [-0.05, 0) is 43.9 Å². The monoisotopic (exact) mass is 283 g/mol. The summed E-state index contributed by atoms with van der Waals surface area (Å²) in [4.78, 5) is 0. The summed E-state index contributed by atoms with van der Waals surface area (Å²) in [7, 11) is 0. The molecule has 0 saturated carbocycles. The molecule has 0 aromatic heterocycles. The van der Waals surface area contributed by atoms with E-state index in [4.69, 9.17) is 0 Å². The minimum atomic E-state index is 0.419. The number of rotatable bonds is 6. The first-order valence-corrected chi connectivity index (χ1v) is 6.88. The maximum Gasteiger partial charge on any atom is 0.0302 e. The lowest BCUT2D eigenvalue weighted by molar-refractivity contribution is 0.497. The van der Waals surface area contributed by atoms with Crippen molar-refractivity contribution in [3.05, 3.63) is 34.3 Å². The van der Waals surface area contributed by atoms with Crippen LogP contribution in [0.4, 0.5) is 0 Å². The van der Waals surface area contributed by atoms with Crippen molar-refractivity contribution in [2.24, 2.45) is 5.92 Å². The van der Waals surface area contributed by atoms with E-state index in [-0.39, 0.29) is 0 Å². The predicted molar refractivity (Wildman–Crippen MR) is 74.6 cm³/mol. The molecule has 1 aromatic carbocycles. The zero-order valence-corrected chi connectivity index (χ0v) is 12.0. The quantitative estimate of drug-likeness (QED) is 0.756. The van der Waals surface area contributed by atoms with Gasteiger partial charge in [0, 0.05) is 10.5 Å². The van der Waals surface area contributed by atoms with Crippen molar-refractivity contribution in [2.75, 3.05) is 6.54 Å². The maximum absolute atomic E-state index is 3.59. The summed E-state index contributed by atoms with van der Waals surface area (Å²) in [6.45, 7) is 7.87. The van der Waals surface area contributed by atoms with Crippen LogP contribution in [-0.2, 0) is 0 Å². The number of benzene rings is 1. The van der Waals surface area contributed by atoms with E-state index in [2.05, 4.69) is 66.3 Å². The zero-order chi connectivity index (χ0) is 12.0. The first-order chi connectivity index (χ1) is 7.61. The van der Waals surface area contributed by atoms with Gasteiger partial charge in [0.25, 0.3) is 0 Å². The van der Waals surface area contributed by atoms with Gasteiger partial charge in [0.2, 0.25) is 0 Å². The predicted octanol–water partition coefficient (Wildman–Crippen LogP) is 4.54. The van der Waals surface area contributed by atoms with Gasteiger partial charge < -0.3 is 5.32 Å². The molecule has 0 heterocycles. The number of halogens is 1. The van der Waals surface area contributed by atoms with Crippen molar-refractivity contribution in [2.45, 2.75) is 39.7 Å². The van der Waals surface area contributed by atoms with Crippen LogP contribution in [0, 0.1) is 5.92 Å². The smallest absolute Gasteiger partial charge is 0.0302 e. The molecule has 0 aliphatic rings.